The van der Waals surface area contributed by atoms with Crippen molar-refractivity contribution < 1.29 is 14.6 Å². The molecule has 1 aromatic heterocycles. The average molecular weight is 260 g/mol. The number of fused-ring (bicyclic) bond motifs is 3. The molecule has 0 spiro atoms. The first-order chi connectivity index (χ1) is 9.10. The van der Waals surface area contributed by atoms with Gasteiger partial charge in [0.05, 0.1) is 7.11 Å². The molecule has 5 heteroatoms. The van der Waals surface area contributed by atoms with Crippen LogP contribution in [0.5, 0.6) is 5.75 Å². The van der Waals surface area contributed by atoms with Crippen LogP contribution in [0, 0.1) is 0 Å². The van der Waals surface area contributed by atoms with E-state index < -0.39 is 12.0 Å². The molecule has 100 valence electrons. The SMILES string of the molecule is COc1ccc2[nH]c3c(c2c1)CC(C(=O)O)NC3C. The largest absolute Gasteiger partial charge is 0.497 e. The topological polar surface area (TPSA) is 74.4 Å². The van der Waals surface area contributed by atoms with E-state index in [0.29, 0.717) is 6.42 Å². The number of methoxy groups -OCH3 is 1. The number of benzene rings is 1. The van der Waals surface area contributed by atoms with Gasteiger partial charge in [-0.25, -0.2) is 0 Å². The number of nitrogens with one attached hydrogen (secondary N) is 2. The number of aliphatic carboxylic acids is 1. The summed E-state index contributed by atoms with van der Waals surface area (Å²) in [7, 11) is 1.63. The summed E-state index contributed by atoms with van der Waals surface area (Å²) in [4.78, 5) is 14.6. The summed E-state index contributed by atoms with van der Waals surface area (Å²) in [6.07, 6.45) is 0.488. The van der Waals surface area contributed by atoms with Crippen molar-refractivity contribution in [2.75, 3.05) is 7.11 Å². The van der Waals surface area contributed by atoms with E-state index in [-0.39, 0.29) is 6.04 Å². The lowest BCUT2D eigenvalue weighted by Gasteiger charge is -2.26. The molecule has 2 unspecified atom stereocenters. The minimum Gasteiger partial charge on any atom is -0.497 e. The van der Waals surface area contributed by atoms with Gasteiger partial charge in [0.2, 0.25) is 0 Å². The third-order valence-electron chi connectivity index (χ3n) is 3.74. The smallest absolute Gasteiger partial charge is 0.321 e. The normalized spacial score (nSPS) is 22.2. The number of carbonyl (C=O) groups is 1. The molecule has 0 radical (unpaired) electrons. The van der Waals surface area contributed by atoms with Crippen LogP contribution in [-0.4, -0.2) is 29.2 Å². The molecule has 19 heavy (non-hydrogen) atoms. The molecule has 0 amide bonds. The van der Waals surface area contributed by atoms with E-state index >= 15 is 0 Å². The first kappa shape index (κ1) is 12.0. The molecule has 0 saturated heterocycles. The lowest BCUT2D eigenvalue weighted by atomic mass is 9.94. The molecule has 0 fully saturated rings. The van der Waals surface area contributed by atoms with E-state index in [1.165, 1.54) is 0 Å². The van der Waals surface area contributed by atoms with Gasteiger partial charge in [-0.3, -0.25) is 10.1 Å². The van der Waals surface area contributed by atoms with Crippen LogP contribution < -0.4 is 10.1 Å². The van der Waals surface area contributed by atoms with E-state index in [2.05, 4.69) is 10.3 Å². The monoisotopic (exact) mass is 260 g/mol. The number of carboxylic acids is 1. The molecule has 0 bridgehead atoms. The molecule has 1 aliphatic heterocycles. The number of ether oxygens (including phenoxy) is 1. The van der Waals surface area contributed by atoms with Gasteiger partial charge < -0.3 is 14.8 Å². The van der Waals surface area contributed by atoms with E-state index in [1.54, 1.807) is 7.11 Å². The van der Waals surface area contributed by atoms with E-state index in [1.807, 2.05) is 25.1 Å². The minimum atomic E-state index is -0.810. The zero-order valence-corrected chi connectivity index (χ0v) is 10.9. The van der Waals surface area contributed by atoms with Gasteiger partial charge in [-0.05, 0) is 30.7 Å². The van der Waals surface area contributed by atoms with Gasteiger partial charge in [-0.15, -0.1) is 0 Å². The van der Waals surface area contributed by atoms with Crippen LogP contribution in [-0.2, 0) is 11.2 Å². The molecule has 0 aliphatic carbocycles. The van der Waals surface area contributed by atoms with E-state index in [0.717, 1.165) is 27.9 Å². The van der Waals surface area contributed by atoms with Gasteiger partial charge in [0, 0.05) is 29.1 Å². The Morgan fingerprint density at radius 3 is 2.95 bits per heavy atom. The number of aromatic amines is 1. The number of carboxylic acid groups (broad SMARTS) is 1. The molecule has 1 aromatic carbocycles. The van der Waals surface area contributed by atoms with Crippen molar-refractivity contribution in [2.45, 2.75) is 25.4 Å². The highest BCUT2D eigenvalue weighted by Crippen LogP contribution is 2.33. The molecular formula is C14H16N2O3. The maximum Gasteiger partial charge on any atom is 0.321 e. The fourth-order valence-electron chi connectivity index (χ4n) is 2.77. The standard InChI is InChI=1S/C14H16N2O3/c1-7-13-10(6-12(15-7)14(17)18)9-5-8(19-2)3-4-11(9)16-13/h3-5,7,12,15-16H,6H2,1-2H3,(H,17,18). The second-order valence-electron chi connectivity index (χ2n) is 4.91. The number of aromatic nitrogens is 1. The van der Waals surface area contributed by atoms with Gasteiger partial charge in [-0.1, -0.05) is 0 Å². The first-order valence-corrected chi connectivity index (χ1v) is 6.27. The fourth-order valence-corrected chi connectivity index (χ4v) is 2.77. The zero-order valence-electron chi connectivity index (χ0n) is 10.9. The molecule has 3 N–H and O–H groups in total. The van der Waals surface area contributed by atoms with Gasteiger partial charge >= 0.3 is 5.97 Å². The zero-order chi connectivity index (χ0) is 13.6. The maximum absolute atomic E-state index is 11.2. The van der Waals surface area contributed by atoms with Crippen LogP contribution >= 0.6 is 0 Å². The Balaban J connectivity index is 2.15. The third kappa shape index (κ3) is 1.86. The predicted molar refractivity (Wildman–Crippen MR) is 71.5 cm³/mol. The number of hydrogen-bond donors (Lipinski definition) is 3. The van der Waals surface area contributed by atoms with Gasteiger partial charge in [0.1, 0.15) is 11.8 Å². The summed E-state index contributed by atoms with van der Waals surface area (Å²) >= 11 is 0. The molecule has 5 nitrogen and oxygen atoms in total. The van der Waals surface area contributed by atoms with Crippen LogP contribution in [0.3, 0.4) is 0 Å². The Morgan fingerprint density at radius 2 is 2.26 bits per heavy atom. The molecule has 2 aromatic rings. The first-order valence-electron chi connectivity index (χ1n) is 6.27. The summed E-state index contributed by atoms with van der Waals surface area (Å²) in [5.41, 5.74) is 3.17. The second-order valence-corrected chi connectivity index (χ2v) is 4.91. The highest BCUT2D eigenvalue weighted by atomic mass is 16.5. The quantitative estimate of drug-likeness (QED) is 0.770. The number of rotatable bonds is 2. The highest BCUT2D eigenvalue weighted by molar-refractivity contribution is 5.88. The van der Waals surface area contributed by atoms with Crippen LogP contribution in [0.4, 0.5) is 0 Å². The summed E-state index contributed by atoms with van der Waals surface area (Å²) in [6.45, 7) is 1.97. The molecular weight excluding hydrogens is 244 g/mol. The van der Waals surface area contributed by atoms with Gasteiger partial charge in [-0.2, -0.15) is 0 Å². The summed E-state index contributed by atoms with van der Waals surface area (Å²) < 4.78 is 5.24. The molecule has 1 aliphatic rings. The Hall–Kier alpha value is -2.01. The van der Waals surface area contributed by atoms with Crippen molar-refractivity contribution in [1.82, 2.24) is 10.3 Å². The lowest BCUT2D eigenvalue weighted by molar-refractivity contribution is -0.139. The average Bonchev–Trinajstić information content (AvgIpc) is 2.77. The minimum absolute atomic E-state index is 0.00300. The van der Waals surface area contributed by atoms with Gasteiger partial charge in [0.25, 0.3) is 0 Å². The van der Waals surface area contributed by atoms with Crippen LogP contribution in [0.15, 0.2) is 18.2 Å². The van der Waals surface area contributed by atoms with Crippen molar-refractivity contribution >= 4 is 16.9 Å². The van der Waals surface area contributed by atoms with Crippen molar-refractivity contribution in [2.24, 2.45) is 0 Å². The molecule has 3 rings (SSSR count). The van der Waals surface area contributed by atoms with E-state index in [4.69, 9.17) is 4.74 Å². The highest BCUT2D eigenvalue weighted by Gasteiger charge is 2.30. The fraction of sp³-hybridized carbons (Fsp3) is 0.357. The van der Waals surface area contributed by atoms with Crippen LogP contribution in [0.1, 0.15) is 24.2 Å². The Kier molecular flexibility index (Phi) is 2.71. The summed E-state index contributed by atoms with van der Waals surface area (Å²) in [5, 5.41) is 13.3. The third-order valence-corrected chi connectivity index (χ3v) is 3.74. The van der Waals surface area contributed by atoms with Crippen LogP contribution in [0.25, 0.3) is 10.9 Å². The van der Waals surface area contributed by atoms with Gasteiger partial charge in [0.15, 0.2) is 0 Å². The number of hydrogen-bond acceptors (Lipinski definition) is 3. The van der Waals surface area contributed by atoms with Crippen molar-refractivity contribution in [3.8, 4) is 5.75 Å². The molecule has 2 atom stereocenters. The van der Waals surface area contributed by atoms with Crippen molar-refractivity contribution in [1.29, 1.82) is 0 Å². The summed E-state index contributed by atoms with van der Waals surface area (Å²) in [5.74, 6) is -0.0258. The maximum atomic E-state index is 11.2. The lowest BCUT2D eigenvalue weighted by Crippen LogP contribution is -2.43. The van der Waals surface area contributed by atoms with Crippen molar-refractivity contribution in [3.05, 3.63) is 29.5 Å². The predicted octanol–water partition coefficient (Wildman–Crippen LogP) is 1.84. The number of H-pyrrole nitrogens is 1. The Bertz CT molecular complexity index is 647. The van der Waals surface area contributed by atoms with E-state index in [9.17, 15) is 9.90 Å². The molecule has 2 heterocycles. The molecule has 0 saturated carbocycles. The Morgan fingerprint density at radius 1 is 1.47 bits per heavy atom. The van der Waals surface area contributed by atoms with Crippen molar-refractivity contribution in [3.63, 3.8) is 0 Å². The second kappa shape index (κ2) is 4.28. The Labute approximate surface area is 110 Å². The van der Waals surface area contributed by atoms with Crippen LogP contribution in [0.2, 0.25) is 0 Å². The summed E-state index contributed by atoms with van der Waals surface area (Å²) in [6, 6.07) is 5.30.